The molecule has 0 aliphatic carbocycles. The minimum absolute atomic E-state index is 0.789. The lowest BCUT2D eigenvalue weighted by atomic mass is 10.6. The first kappa shape index (κ1) is 5.69. The second-order valence-electron chi connectivity index (χ2n) is 1.48. The summed E-state index contributed by atoms with van der Waals surface area (Å²) in [4.78, 5) is 7.90. The SMILES string of the molecule is [13CH3]c1cncc(Br)n1. The van der Waals surface area contributed by atoms with Gasteiger partial charge in [0.25, 0.3) is 0 Å². The van der Waals surface area contributed by atoms with Crippen LogP contribution in [-0.2, 0) is 0 Å². The fourth-order valence-corrected chi connectivity index (χ4v) is 0.831. The molecular formula is C5H5BrN2. The highest BCUT2D eigenvalue weighted by Gasteiger charge is 1.85. The van der Waals surface area contributed by atoms with Crippen LogP contribution < -0.4 is 0 Å². The monoisotopic (exact) mass is 173 g/mol. The molecule has 0 spiro atoms. The highest BCUT2D eigenvalue weighted by Crippen LogP contribution is 2.01. The van der Waals surface area contributed by atoms with Gasteiger partial charge in [0.1, 0.15) is 4.60 Å². The van der Waals surface area contributed by atoms with Crippen molar-refractivity contribution in [3.05, 3.63) is 22.7 Å². The van der Waals surface area contributed by atoms with Crippen LogP contribution in [0.5, 0.6) is 0 Å². The Morgan fingerprint density at radius 1 is 1.50 bits per heavy atom. The van der Waals surface area contributed by atoms with Gasteiger partial charge < -0.3 is 0 Å². The molecule has 1 heterocycles. The normalized spacial score (nSPS) is 9.25. The lowest BCUT2D eigenvalue weighted by Gasteiger charge is -1.87. The van der Waals surface area contributed by atoms with E-state index in [-0.39, 0.29) is 0 Å². The zero-order chi connectivity index (χ0) is 5.98. The van der Waals surface area contributed by atoms with E-state index in [2.05, 4.69) is 25.9 Å². The topological polar surface area (TPSA) is 25.8 Å². The summed E-state index contributed by atoms with van der Waals surface area (Å²) in [6.45, 7) is 1.90. The summed E-state index contributed by atoms with van der Waals surface area (Å²) in [7, 11) is 0. The summed E-state index contributed by atoms with van der Waals surface area (Å²) in [6.07, 6.45) is 3.37. The first-order chi connectivity index (χ1) is 3.79. The van der Waals surface area contributed by atoms with E-state index in [0.29, 0.717) is 0 Å². The fraction of sp³-hybridized carbons (Fsp3) is 0.200. The Hall–Kier alpha value is -0.440. The molecule has 0 fully saturated rings. The van der Waals surface area contributed by atoms with E-state index in [1.54, 1.807) is 12.4 Å². The Bertz CT molecular complexity index is 170. The predicted octanol–water partition coefficient (Wildman–Crippen LogP) is 1.55. The second-order valence-corrected chi connectivity index (χ2v) is 2.30. The van der Waals surface area contributed by atoms with E-state index >= 15 is 0 Å². The molecule has 0 bridgehead atoms. The van der Waals surface area contributed by atoms with Crippen molar-refractivity contribution in [3.63, 3.8) is 0 Å². The molecule has 1 rings (SSSR count). The maximum absolute atomic E-state index is 4.03. The predicted molar refractivity (Wildman–Crippen MR) is 34.5 cm³/mol. The highest BCUT2D eigenvalue weighted by atomic mass is 79.9. The van der Waals surface area contributed by atoms with Gasteiger partial charge in [-0.3, -0.25) is 4.98 Å². The van der Waals surface area contributed by atoms with Crippen molar-refractivity contribution in [2.75, 3.05) is 0 Å². The molecule has 0 radical (unpaired) electrons. The maximum Gasteiger partial charge on any atom is 0.124 e. The van der Waals surface area contributed by atoms with Crippen LogP contribution >= 0.6 is 15.9 Å². The largest absolute Gasteiger partial charge is 0.260 e. The van der Waals surface area contributed by atoms with Gasteiger partial charge in [-0.15, -0.1) is 0 Å². The van der Waals surface area contributed by atoms with Crippen LogP contribution in [-0.4, -0.2) is 9.97 Å². The molecule has 0 N–H and O–H groups in total. The highest BCUT2D eigenvalue weighted by molar-refractivity contribution is 9.10. The molecule has 0 aliphatic rings. The zero-order valence-electron chi connectivity index (χ0n) is 4.43. The number of halogens is 1. The third-order valence-corrected chi connectivity index (χ3v) is 1.11. The van der Waals surface area contributed by atoms with Crippen LogP contribution in [0.15, 0.2) is 17.0 Å². The Kier molecular flexibility index (Phi) is 1.58. The van der Waals surface area contributed by atoms with Gasteiger partial charge in [0.15, 0.2) is 0 Å². The second kappa shape index (κ2) is 2.22. The standard InChI is InChI=1S/C5H5BrN2/c1-4-2-7-3-5(6)8-4/h2-3H,1H3/i1+1. The van der Waals surface area contributed by atoms with E-state index in [9.17, 15) is 0 Å². The van der Waals surface area contributed by atoms with E-state index in [0.717, 1.165) is 10.3 Å². The van der Waals surface area contributed by atoms with Crippen molar-refractivity contribution >= 4 is 15.9 Å². The lowest BCUT2D eigenvalue weighted by Crippen LogP contribution is -1.81. The van der Waals surface area contributed by atoms with Gasteiger partial charge in [0.05, 0.1) is 11.9 Å². The minimum Gasteiger partial charge on any atom is -0.260 e. The average Bonchev–Trinajstić information content (AvgIpc) is 1.64. The summed E-state index contributed by atoms with van der Waals surface area (Å²) >= 11 is 3.19. The van der Waals surface area contributed by atoms with Gasteiger partial charge in [-0.2, -0.15) is 0 Å². The Morgan fingerprint density at radius 2 is 2.25 bits per heavy atom. The molecule has 1 aromatic rings. The van der Waals surface area contributed by atoms with Crippen LogP contribution in [0, 0.1) is 6.92 Å². The van der Waals surface area contributed by atoms with Crippen molar-refractivity contribution < 1.29 is 0 Å². The molecular weight excluding hydrogens is 169 g/mol. The Balaban J connectivity index is 3.08. The molecule has 3 heteroatoms. The number of aromatic nitrogens is 2. The van der Waals surface area contributed by atoms with E-state index in [1.165, 1.54) is 0 Å². The van der Waals surface area contributed by atoms with Gasteiger partial charge in [0.2, 0.25) is 0 Å². The smallest absolute Gasteiger partial charge is 0.124 e. The summed E-state index contributed by atoms with van der Waals surface area (Å²) < 4.78 is 0.789. The molecule has 0 saturated carbocycles. The number of aryl methyl sites for hydroxylation is 1. The summed E-state index contributed by atoms with van der Waals surface area (Å²) in [5.74, 6) is 0. The number of nitrogens with zero attached hydrogens (tertiary/aromatic N) is 2. The number of rotatable bonds is 0. The molecule has 0 unspecified atom stereocenters. The summed E-state index contributed by atoms with van der Waals surface area (Å²) in [6, 6.07) is 0. The van der Waals surface area contributed by atoms with Gasteiger partial charge in [0, 0.05) is 6.20 Å². The van der Waals surface area contributed by atoms with Gasteiger partial charge in [-0.1, -0.05) is 0 Å². The van der Waals surface area contributed by atoms with E-state index in [1.807, 2.05) is 6.92 Å². The van der Waals surface area contributed by atoms with Crippen LogP contribution in [0.1, 0.15) is 5.69 Å². The van der Waals surface area contributed by atoms with Crippen LogP contribution in [0.2, 0.25) is 0 Å². The van der Waals surface area contributed by atoms with Gasteiger partial charge in [-0.05, 0) is 22.9 Å². The summed E-state index contributed by atoms with van der Waals surface area (Å²) in [5, 5.41) is 0. The third-order valence-electron chi connectivity index (χ3n) is 0.726. The van der Waals surface area contributed by atoms with Crippen molar-refractivity contribution in [2.24, 2.45) is 0 Å². The van der Waals surface area contributed by atoms with Gasteiger partial charge >= 0.3 is 0 Å². The molecule has 0 aliphatic heterocycles. The summed E-state index contributed by atoms with van der Waals surface area (Å²) in [5.41, 5.74) is 0.930. The van der Waals surface area contributed by atoms with Crippen LogP contribution in [0.4, 0.5) is 0 Å². The lowest BCUT2D eigenvalue weighted by molar-refractivity contribution is 1.09. The van der Waals surface area contributed by atoms with Crippen molar-refractivity contribution in [2.45, 2.75) is 6.92 Å². The Labute approximate surface area is 56.1 Å². The molecule has 0 atom stereocenters. The van der Waals surface area contributed by atoms with Gasteiger partial charge in [-0.25, -0.2) is 4.98 Å². The van der Waals surface area contributed by atoms with Crippen LogP contribution in [0.25, 0.3) is 0 Å². The first-order valence-electron chi connectivity index (χ1n) is 2.23. The molecule has 0 amide bonds. The first-order valence-corrected chi connectivity index (χ1v) is 3.02. The zero-order valence-corrected chi connectivity index (χ0v) is 6.01. The average molecular weight is 174 g/mol. The van der Waals surface area contributed by atoms with E-state index < -0.39 is 0 Å². The van der Waals surface area contributed by atoms with Crippen LogP contribution in [0.3, 0.4) is 0 Å². The number of hydrogen-bond donors (Lipinski definition) is 0. The Morgan fingerprint density at radius 3 is 2.62 bits per heavy atom. The number of hydrogen-bond acceptors (Lipinski definition) is 2. The molecule has 0 aromatic carbocycles. The van der Waals surface area contributed by atoms with Crippen molar-refractivity contribution in [1.29, 1.82) is 0 Å². The molecule has 42 valence electrons. The van der Waals surface area contributed by atoms with E-state index in [4.69, 9.17) is 0 Å². The molecule has 8 heavy (non-hydrogen) atoms. The van der Waals surface area contributed by atoms with Crippen molar-refractivity contribution in [1.82, 2.24) is 9.97 Å². The molecule has 1 aromatic heterocycles. The third kappa shape index (κ3) is 1.26. The quantitative estimate of drug-likeness (QED) is 0.557. The molecule has 2 nitrogen and oxygen atoms in total. The fourth-order valence-electron chi connectivity index (χ4n) is 0.433. The molecule has 0 saturated heterocycles. The maximum atomic E-state index is 4.03. The van der Waals surface area contributed by atoms with Crippen molar-refractivity contribution in [3.8, 4) is 0 Å². The minimum atomic E-state index is 0.789.